The van der Waals surface area contributed by atoms with E-state index in [2.05, 4.69) is 11.8 Å². The van der Waals surface area contributed by atoms with Crippen molar-refractivity contribution in [1.29, 1.82) is 0 Å². The van der Waals surface area contributed by atoms with Gasteiger partial charge in [0.2, 0.25) is 0 Å². The van der Waals surface area contributed by atoms with Crippen LogP contribution in [0.25, 0.3) is 0 Å². The molecule has 4 atom stereocenters. The number of hydrogen-bond donors (Lipinski definition) is 1. The Bertz CT molecular complexity index is 717. The normalized spacial score (nSPS) is 26.6. The lowest BCUT2D eigenvalue weighted by Gasteiger charge is -2.23. The zero-order valence-electron chi connectivity index (χ0n) is 15.1. The van der Waals surface area contributed by atoms with Crippen LogP contribution in [0.1, 0.15) is 31.2 Å². The van der Waals surface area contributed by atoms with Gasteiger partial charge >= 0.3 is 0 Å². The smallest absolute Gasteiger partial charge is 0.123 e. The topological polar surface area (TPSA) is 32.7 Å². The summed E-state index contributed by atoms with van der Waals surface area (Å²) in [4.78, 5) is 2.57. The van der Waals surface area contributed by atoms with Crippen molar-refractivity contribution in [3.8, 4) is 11.5 Å². The van der Waals surface area contributed by atoms with Crippen molar-refractivity contribution in [2.75, 3.05) is 19.6 Å². The van der Waals surface area contributed by atoms with Crippen LogP contribution in [0.2, 0.25) is 0 Å². The van der Waals surface area contributed by atoms with Gasteiger partial charge in [0.1, 0.15) is 17.3 Å². The van der Waals surface area contributed by atoms with E-state index in [0.29, 0.717) is 23.5 Å². The van der Waals surface area contributed by atoms with Gasteiger partial charge in [-0.25, -0.2) is 4.39 Å². The molecule has 1 aliphatic carbocycles. The van der Waals surface area contributed by atoms with E-state index in [-0.39, 0.29) is 11.9 Å². The Kier molecular flexibility index (Phi) is 4.86. The fourth-order valence-electron chi connectivity index (χ4n) is 4.59. The number of benzene rings is 2. The summed E-state index contributed by atoms with van der Waals surface area (Å²) >= 11 is 0. The molecule has 0 bridgehead atoms. The van der Waals surface area contributed by atoms with Gasteiger partial charge in [0.15, 0.2) is 0 Å². The maximum Gasteiger partial charge on any atom is 0.123 e. The summed E-state index contributed by atoms with van der Waals surface area (Å²) in [6.07, 6.45) is 2.44. The minimum absolute atomic E-state index is 0.223. The largest absolute Gasteiger partial charge is 0.508 e. The molecule has 1 saturated carbocycles. The Morgan fingerprint density at radius 1 is 1.04 bits per heavy atom. The van der Waals surface area contributed by atoms with E-state index in [1.54, 1.807) is 24.3 Å². The van der Waals surface area contributed by atoms with Gasteiger partial charge < -0.3 is 14.7 Å². The molecule has 3 nitrogen and oxygen atoms in total. The number of rotatable bonds is 5. The van der Waals surface area contributed by atoms with Crippen molar-refractivity contribution >= 4 is 0 Å². The molecule has 1 unspecified atom stereocenters. The number of nitrogens with zero attached hydrogens (tertiary/aromatic N) is 1. The van der Waals surface area contributed by atoms with Crippen molar-refractivity contribution in [2.24, 2.45) is 11.8 Å². The quantitative estimate of drug-likeness (QED) is 0.861. The van der Waals surface area contributed by atoms with Crippen LogP contribution in [0.3, 0.4) is 0 Å². The van der Waals surface area contributed by atoms with Crippen LogP contribution < -0.4 is 4.74 Å². The van der Waals surface area contributed by atoms with Gasteiger partial charge in [-0.2, -0.15) is 0 Å². The van der Waals surface area contributed by atoms with Crippen molar-refractivity contribution in [3.05, 3.63) is 59.9 Å². The molecule has 138 valence electrons. The summed E-state index contributed by atoms with van der Waals surface area (Å²) in [5.41, 5.74) is 1.28. The summed E-state index contributed by atoms with van der Waals surface area (Å²) < 4.78 is 19.1. The van der Waals surface area contributed by atoms with E-state index in [9.17, 15) is 9.50 Å². The lowest BCUT2D eigenvalue weighted by Crippen LogP contribution is -2.28. The molecule has 4 heteroatoms. The van der Waals surface area contributed by atoms with E-state index in [1.807, 2.05) is 12.1 Å². The van der Waals surface area contributed by atoms with E-state index in [1.165, 1.54) is 17.7 Å². The minimum atomic E-state index is -0.223. The van der Waals surface area contributed by atoms with Crippen LogP contribution in [0.4, 0.5) is 4.39 Å². The van der Waals surface area contributed by atoms with Gasteiger partial charge in [0, 0.05) is 19.6 Å². The Morgan fingerprint density at radius 3 is 2.27 bits per heavy atom. The average Bonchev–Trinajstić information content (AvgIpc) is 3.15. The van der Waals surface area contributed by atoms with Crippen LogP contribution in [0, 0.1) is 17.7 Å². The van der Waals surface area contributed by atoms with Gasteiger partial charge in [-0.1, -0.05) is 19.1 Å². The average molecular weight is 355 g/mol. The predicted molar refractivity (Wildman–Crippen MR) is 100.0 cm³/mol. The fraction of sp³-hybridized carbons (Fsp3) is 0.455. The Labute approximate surface area is 154 Å². The van der Waals surface area contributed by atoms with E-state index in [0.717, 1.165) is 38.2 Å². The molecule has 2 aliphatic rings. The molecule has 2 aromatic rings. The summed E-state index contributed by atoms with van der Waals surface area (Å²) in [6.45, 7) is 5.58. The molecule has 4 rings (SSSR count). The highest BCUT2D eigenvalue weighted by Gasteiger charge is 2.41. The maximum atomic E-state index is 13.0. The van der Waals surface area contributed by atoms with Crippen LogP contribution in [-0.2, 0) is 0 Å². The zero-order valence-corrected chi connectivity index (χ0v) is 15.1. The molecule has 26 heavy (non-hydrogen) atoms. The second-order valence-corrected chi connectivity index (χ2v) is 7.90. The molecule has 0 aromatic heterocycles. The number of ether oxygens (including phenoxy) is 1. The SMILES string of the molecule is CC(CN1C[C@H]2C[C@H](Oc3ccc(F)cc3)C[C@H]2C1)c1ccc(O)cc1. The summed E-state index contributed by atoms with van der Waals surface area (Å²) in [6, 6.07) is 13.9. The third kappa shape index (κ3) is 3.85. The molecule has 0 spiro atoms. The number of aromatic hydroxyl groups is 1. The van der Waals surface area contributed by atoms with Crippen molar-refractivity contribution in [1.82, 2.24) is 4.90 Å². The molecule has 1 heterocycles. The number of halogens is 1. The fourth-order valence-corrected chi connectivity index (χ4v) is 4.59. The van der Waals surface area contributed by atoms with Crippen molar-refractivity contribution < 1.29 is 14.2 Å². The van der Waals surface area contributed by atoms with E-state index < -0.39 is 0 Å². The second-order valence-electron chi connectivity index (χ2n) is 7.90. The maximum absolute atomic E-state index is 13.0. The molecule has 0 amide bonds. The molecular formula is C22H26FNO2. The summed E-state index contributed by atoms with van der Waals surface area (Å²) in [5, 5.41) is 9.43. The number of fused-ring (bicyclic) bond motifs is 1. The van der Waals surface area contributed by atoms with Crippen molar-refractivity contribution in [2.45, 2.75) is 31.8 Å². The van der Waals surface area contributed by atoms with Gasteiger partial charge in [0.25, 0.3) is 0 Å². The number of phenols is 1. The van der Waals surface area contributed by atoms with Gasteiger partial charge in [-0.05, 0) is 72.6 Å². The van der Waals surface area contributed by atoms with Crippen LogP contribution >= 0.6 is 0 Å². The van der Waals surface area contributed by atoms with Crippen LogP contribution in [-0.4, -0.2) is 35.7 Å². The minimum Gasteiger partial charge on any atom is -0.508 e. The number of phenolic OH excluding ortho intramolecular Hbond substituents is 1. The molecule has 2 aromatic carbocycles. The zero-order chi connectivity index (χ0) is 18.1. The van der Waals surface area contributed by atoms with Crippen LogP contribution in [0.5, 0.6) is 11.5 Å². The van der Waals surface area contributed by atoms with Gasteiger partial charge in [0.05, 0.1) is 6.10 Å². The molecule has 2 fully saturated rings. The van der Waals surface area contributed by atoms with Gasteiger partial charge in [-0.15, -0.1) is 0 Å². The molecular weight excluding hydrogens is 329 g/mol. The van der Waals surface area contributed by atoms with E-state index in [4.69, 9.17) is 4.74 Å². The lowest BCUT2D eigenvalue weighted by atomic mass is 10.0. The molecule has 1 saturated heterocycles. The Balaban J connectivity index is 1.28. The Hall–Kier alpha value is -2.07. The predicted octanol–water partition coefficient (Wildman–Crippen LogP) is 4.42. The first kappa shape index (κ1) is 17.3. The third-order valence-corrected chi connectivity index (χ3v) is 5.89. The first-order chi connectivity index (χ1) is 12.6. The summed E-state index contributed by atoms with van der Waals surface area (Å²) in [5.74, 6) is 2.73. The standard InChI is InChI=1S/C22H26FNO2/c1-15(16-2-6-20(25)7-3-16)12-24-13-17-10-22(11-18(17)14-24)26-21-8-4-19(23)5-9-21/h2-9,15,17-18,22,25H,10-14H2,1H3/t15?,17-,18+,22+. The van der Waals surface area contributed by atoms with E-state index >= 15 is 0 Å². The second kappa shape index (κ2) is 7.28. The van der Waals surface area contributed by atoms with Crippen molar-refractivity contribution in [3.63, 3.8) is 0 Å². The first-order valence-electron chi connectivity index (χ1n) is 9.50. The molecule has 1 N–H and O–H groups in total. The highest BCUT2D eigenvalue weighted by Crippen LogP contribution is 2.40. The summed E-state index contributed by atoms with van der Waals surface area (Å²) in [7, 11) is 0. The Morgan fingerprint density at radius 2 is 1.65 bits per heavy atom. The first-order valence-corrected chi connectivity index (χ1v) is 9.50. The third-order valence-electron chi connectivity index (χ3n) is 5.89. The monoisotopic (exact) mass is 355 g/mol. The highest BCUT2D eigenvalue weighted by atomic mass is 19.1. The highest BCUT2D eigenvalue weighted by molar-refractivity contribution is 5.28. The van der Waals surface area contributed by atoms with Crippen LogP contribution in [0.15, 0.2) is 48.5 Å². The lowest BCUT2D eigenvalue weighted by molar-refractivity contribution is 0.184. The van der Waals surface area contributed by atoms with Gasteiger partial charge in [-0.3, -0.25) is 0 Å². The molecule has 0 radical (unpaired) electrons. The number of hydrogen-bond acceptors (Lipinski definition) is 3. The number of likely N-dealkylation sites (tertiary alicyclic amines) is 1. The molecule has 1 aliphatic heterocycles.